The number of rotatable bonds is 5. The Labute approximate surface area is 173 Å². The Bertz CT molecular complexity index is 1170. The second-order valence-electron chi connectivity index (χ2n) is 5.91. The molecule has 0 spiro atoms. The van der Waals surface area contributed by atoms with Crippen molar-refractivity contribution in [1.82, 2.24) is 9.55 Å². The van der Waals surface area contributed by atoms with E-state index >= 15 is 0 Å². The number of alkyl halides is 3. The number of hydrogen-bond donors (Lipinski definition) is 0. The monoisotopic (exact) mass is 462 g/mol. The highest BCUT2D eigenvalue weighted by Crippen LogP contribution is 2.30. The Morgan fingerprint density at radius 2 is 1.66 bits per heavy atom. The van der Waals surface area contributed by atoms with Crippen LogP contribution in [0, 0.1) is 0 Å². The van der Waals surface area contributed by atoms with Gasteiger partial charge in [-0.25, -0.2) is 13.4 Å². The maximum Gasteiger partial charge on any atom is 0.416 e. The molecule has 5 nitrogen and oxygen atoms in total. The third kappa shape index (κ3) is 4.47. The number of carbonyl (C=O) groups is 1. The first-order valence-electron chi connectivity index (χ1n) is 7.91. The number of sulfone groups is 1. The van der Waals surface area contributed by atoms with E-state index in [0.29, 0.717) is 0 Å². The zero-order valence-corrected chi connectivity index (χ0v) is 16.6. The lowest BCUT2D eigenvalue weighted by Gasteiger charge is -2.09. The van der Waals surface area contributed by atoms with Gasteiger partial charge in [-0.05, 0) is 36.4 Å². The highest BCUT2D eigenvalue weighted by molar-refractivity contribution is 7.92. The van der Waals surface area contributed by atoms with Gasteiger partial charge in [0.05, 0.1) is 15.5 Å². The second-order valence-corrected chi connectivity index (χ2v) is 8.63. The van der Waals surface area contributed by atoms with Crippen molar-refractivity contribution in [3.63, 3.8) is 0 Å². The summed E-state index contributed by atoms with van der Waals surface area (Å²) in [6, 6.07) is 9.69. The second kappa shape index (κ2) is 7.81. The van der Waals surface area contributed by atoms with Crippen molar-refractivity contribution in [3.8, 4) is 5.69 Å². The summed E-state index contributed by atoms with van der Waals surface area (Å²) in [4.78, 5) is 16.1. The predicted octanol–water partition coefficient (Wildman–Crippen LogP) is 4.85. The molecule has 0 aliphatic rings. The van der Waals surface area contributed by atoms with Crippen LogP contribution < -0.4 is 0 Å². The van der Waals surface area contributed by atoms with Gasteiger partial charge in [-0.3, -0.25) is 9.36 Å². The normalized spacial score (nSPS) is 12.2. The van der Waals surface area contributed by atoms with E-state index in [1.807, 2.05) is 0 Å². The fraction of sp³-hybridized carbons (Fsp3) is 0.111. The van der Waals surface area contributed by atoms with E-state index in [1.165, 1.54) is 22.8 Å². The van der Waals surface area contributed by atoms with E-state index < -0.39 is 33.1 Å². The Morgan fingerprint density at radius 3 is 2.24 bits per heavy atom. The smallest absolute Gasteiger partial charge is 0.291 e. The van der Waals surface area contributed by atoms with Gasteiger partial charge in [-0.2, -0.15) is 13.2 Å². The standard InChI is InChI=1S/C18H11Cl2F3N2O3S/c19-13-3-1-2-4-15(13)29(27,28)9-14(26)16-17(20)25(10-24-16)12-7-5-11(6-8-12)18(21,22)23/h1-8,10H,9H2. The molecular formula is C18H11Cl2F3N2O3S. The van der Waals surface area contributed by atoms with Crippen LogP contribution in [0.2, 0.25) is 10.2 Å². The average Bonchev–Trinajstić information content (AvgIpc) is 3.02. The van der Waals surface area contributed by atoms with Crippen molar-refractivity contribution in [2.45, 2.75) is 11.1 Å². The van der Waals surface area contributed by atoms with Crippen molar-refractivity contribution in [2.24, 2.45) is 0 Å². The molecule has 0 saturated carbocycles. The van der Waals surface area contributed by atoms with Crippen LogP contribution in [-0.4, -0.2) is 29.5 Å². The third-order valence-electron chi connectivity index (χ3n) is 3.94. The van der Waals surface area contributed by atoms with Crippen LogP contribution in [0.3, 0.4) is 0 Å². The molecule has 11 heteroatoms. The van der Waals surface area contributed by atoms with Gasteiger partial charge in [0, 0.05) is 5.69 Å². The lowest BCUT2D eigenvalue weighted by Crippen LogP contribution is -2.17. The first-order chi connectivity index (χ1) is 13.5. The number of carbonyl (C=O) groups excluding carboxylic acids is 1. The zero-order valence-electron chi connectivity index (χ0n) is 14.3. The molecule has 0 bridgehead atoms. The highest BCUT2D eigenvalue weighted by atomic mass is 35.5. The van der Waals surface area contributed by atoms with Crippen LogP contribution in [0.4, 0.5) is 13.2 Å². The summed E-state index contributed by atoms with van der Waals surface area (Å²) in [5.41, 5.74) is -0.940. The zero-order chi connectivity index (χ0) is 21.4. The van der Waals surface area contributed by atoms with Crippen LogP contribution >= 0.6 is 23.2 Å². The first-order valence-corrected chi connectivity index (χ1v) is 10.3. The quantitative estimate of drug-likeness (QED) is 0.508. The number of nitrogens with zero attached hydrogens (tertiary/aromatic N) is 2. The van der Waals surface area contributed by atoms with Crippen molar-refractivity contribution in [1.29, 1.82) is 0 Å². The molecule has 0 aliphatic heterocycles. The largest absolute Gasteiger partial charge is 0.416 e. The van der Waals surface area contributed by atoms with E-state index in [0.717, 1.165) is 30.6 Å². The number of benzene rings is 2. The molecule has 0 N–H and O–H groups in total. The van der Waals surface area contributed by atoms with Crippen LogP contribution in [0.5, 0.6) is 0 Å². The topological polar surface area (TPSA) is 69.0 Å². The molecule has 152 valence electrons. The number of Topliss-reactive ketones (excluding diaryl/α,β-unsaturated/α-hetero) is 1. The molecule has 1 aromatic heterocycles. The fourth-order valence-electron chi connectivity index (χ4n) is 2.53. The lowest BCUT2D eigenvalue weighted by atomic mass is 10.2. The van der Waals surface area contributed by atoms with Crippen molar-refractivity contribution in [3.05, 3.63) is 76.3 Å². The number of halogens is 5. The molecule has 3 rings (SSSR count). The van der Waals surface area contributed by atoms with Gasteiger partial charge in [0.2, 0.25) is 0 Å². The fourth-order valence-corrected chi connectivity index (χ4v) is 4.60. The maximum absolute atomic E-state index is 12.7. The van der Waals surface area contributed by atoms with E-state index in [9.17, 15) is 26.4 Å². The Morgan fingerprint density at radius 1 is 1.03 bits per heavy atom. The average molecular weight is 463 g/mol. The van der Waals surface area contributed by atoms with Gasteiger partial charge in [-0.1, -0.05) is 35.3 Å². The van der Waals surface area contributed by atoms with E-state index in [-0.39, 0.29) is 26.5 Å². The minimum Gasteiger partial charge on any atom is -0.291 e. The van der Waals surface area contributed by atoms with Gasteiger partial charge in [0.1, 0.15) is 22.9 Å². The summed E-state index contributed by atoms with van der Waals surface area (Å²) < 4.78 is 64.2. The number of ketones is 1. The summed E-state index contributed by atoms with van der Waals surface area (Å²) in [5.74, 6) is -1.79. The van der Waals surface area contributed by atoms with Crippen molar-refractivity contribution >= 4 is 38.8 Å². The van der Waals surface area contributed by atoms with Crippen molar-refractivity contribution in [2.75, 3.05) is 5.75 Å². The molecule has 0 fully saturated rings. The first kappa shape index (κ1) is 21.4. The molecule has 1 heterocycles. The van der Waals surface area contributed by atoms with Gasteiger partial charge in [-0.15, -0.1) is 0 Å². The van der Waals surface area contributed by atoms with E-state index in [2.05, 4.69) is 4.98 Å². The predicted molar refractivity (Wildman–Crippen MR) is 101 cm³/mol. The minimum absolute atomic E-state index is 0.0262. The molecule has 29 heavy (non-hydrogen) atoms. The van der Waals surface area contributed by atoms with Crippen LogP contribution in [0.15, 0.2) is 59.8 Å². The van der Waals surface area contributed by atoms with Gasteiger partial charge < -0.3 is 0 Å². The molecule has 0 amide bonds. The summed E-state index contributed by atoms with van der Waals surface area (Å²) in [6.45, 7) is 0. The lowest BCUT2D eigenvalue weighted by molar-refractivity contribution is -0.137. The van der Waals surface area contributed by atoms with Crippen molar-refractivity contribution < 1.29 is 26.4 Å². The highest BCUT2D eigenvalue weighted by Gasteiger charge is 2.30. The Balaban J connectivity index is 1.87. The molecule has 2 aromatic carbocycles. The minimum atomic E-state index is -4.49. The Kier molecular flexibility index (Phi) is 5.75. The van der Waals surface area contributed by atoms with E-state index in [4.69, 9.17) is 23.2 Å². The SMILES string of the molecule is O=C(CS(=O)(=O)c1ccccc1Cl)c1ncn(-c2ccc(C(F)(F)F)cc2)c1Cl. The maximum atomic E-state index is 12.7. The molecule has 0 unspecified atom stereocenters. The summed E-state index contributed by atoms with van der Waals surface area (Å²) >= 11 is 12.0. The molecule has 0 aliphatic carbocycles. The van der Waals surface area contributed by atoms with E-state index in [1.54, 1.807) is 6.07 Å². The summed E-state index contributed by atoms with van der Waals surface area (Å²) in [5, 5.41) is -0.245. The Hall–Kier alpha value is -2.36. The molecule has 0 atom stereocenters. The summed E-state index contributed by atoms with van der Waals surface area (Å²) in [7, 11) is -4.05. The van der Waals surface area contributed by atoms with Crippen LogP contribution in [0.1, 0.15) is 16.1 Å². The number of aromatic nitrogens is 2. The molecular weight excluding hydrogens is 452 g/mol. The van der Waals surface area contributed by atoms with Crippen LogP contribution in [-0.2, 0) is 16.0 Å². The molecule has 0 radical (unpaired) electrons. The number of hydrogen-bond acceptors (Lipinski definition) is 4. The molecule has 3 aromatic rings. The molecule has 0 saturated heterocycles. The third-order valence-corrected chi connectivity index (χ3v) is 6.41. The van der Waals surface area contributed by atoms with Crippen LogP contribution in [0.25, 0.3) is 5.69 Å². The van der Waals surface area contributed by atoms with Gasteiger partial charge in [0.25, 0.3) is 0 Å². The van der Waals surface area contributed by atoms with Gasteiger partial charge >= 0.3 is 6.18 Å². The summed E-state index contributed by atoms with van der Waals surface area (Å²) in [6.07, 6.45) is -3.37. The number of imidazole rings is 1. The van der Waals surface area contributed by atoms with Gasteiger partial charge in [0.15, 0.2) is 15.6 Å².